The zero-order valence-corrected chi connectivity index (χ0v) is 18.8. The molecule has 0 radical (unpaired) electrons. The van der Waals surface area contributed by atoms with Crippen LogP contribution in [0.4, 0.5) is 0 Å². The molecule has 1 N–H and O–H groups in total. The molecule has 0 aliphatic heterocycles. The number of unbranched alkanes of at least 4 members (excludes halogenated alkanes) is 14. The van der Waals surface area contributed by atoms with Crippen molar-refractivity contribution in [3.63, 3.8) is 0 Å². The van der Waals surface area contributed by atoms with Crippen LogP contribution in [0, 0.1) is 5.92 Å². The van der Waals surface area contributed by atoms with Gasteiger partial charge in [-0.1, -0.05) is 136 Å². The summed E-state index contributed by atoms with van der Waals surface area (Å²) in [5.74, 6) is 0.300. The molecule has 2 nitrogen and oxygen atoms in total. The van der Waals surface area contributed by atoms with Crippen LogP contribution in [-0.2, 0) is 4.79 Å². The molecule has 1 atom stereocenters. The van der Waals surface area contributed by atoms with E-state index in [4.69, 9.17) is 5.11 Å². The smallest absolute Gasteiger partial charge is 0.303 e. The minimum absolute atomic E-state index is 0.346. The molecular weight excluding hydrogens is 332 g/mol. The van der Waals surface area contributed by atoms with E-state index in [1.165, 1.54) is 116 Å². The van der Waals surface area contributed by atoms with Gasteiger partial charge in [0.15, 0.2) is 0 Å². The Kier molecular flexibility index (Phi) is 21.3. The lowest BCUT2D eigenvalue weighted by molar-refractivity contribution is -0.137. The lowest BCUT2D eigenvalue weighted by Crippen LogP contribution is -2.02. The van der Waals surface area contributed by atoms with E-state index in [0.717, 1.165) is 18.8 Å². The van der Waals surface area contributed by atoms with Crippen LogP contribution in [0.25, 0.3) is 0 Å². The average molecular weight is 383 g/mol. The van der Waals surface area contributed by atoms with E-state index < -0.39 is 5.97 Å². The Hall–Kier alpha value is -0.530. The van der Waals surface area contributed by atoms with Crippen molar-refractivity contribution < 1.29 is 9.90 Å². The van der Waals surface area contributed by atoms with Crippen LogP contribution in [-0.4, -0.2) is 11.1 Å². The van der Waals surface area contributed by atoms with Gasteiger partial charge >= 0.3 is 5.97 Å². The van der Waals surface area contributed by atoms with Crippen molar-refractivity contribution in [2.45, 2.75) is 149 Å². The first kappa shape index (κ1) is 26.5. The van der Waals surface area contributed by atoms with Crippen molar-refractivity contribution in [3.8, 4) is 0 Å². The summed E-state index contributed by atoms with van der Waals surface area (Å²) in [5.41, 5.74) is 0. The van der Waals surface area contributed by atoms with E-state index in [2.05, 4.69) is 13.8 Å². The van der Waals surface area contributed by atoms with Gasteiger partial charge in [-0.2, -0.15) is 0 Å². The first-order valence-corrected chi connectivity index (χ1v) is 12.4. The van der Waals surface area contributed by atoms with Crippen molar-refractivity contribution in [3.05, 3.63) is 0 Å². The Morgan fingerprint density at radius 1 is 0.556 bits per heavy atom. The minimum Gasteiger partial charge on any atom is -0.481 e. The van der Waals surface area contributed by atoms with Gasteiger partial charge in [0, 0.05) is 6.42 Å². The Morgan fingerprint density at radius 3 is 1.26 bits per heavy atom. The van der Waals surface area contributed by atoms with E-state index >= 15 is 0 Å². The van der Waals surface area contributed by atoms with Gasteiger partial charge in [0.1, 0.15) is 0 Å². The molecule has 0 aromatic heterocycles. The first-order valence-electron chi connectivity index (χ1n) is 12.4. The van der Waals surface area contributed by atoms with Crippen LogP contribution in [0.1, 0.15) is 149 Å². The van der Waals surface area contributed by atoms with Crippen molar-refractivity contribution in [2.75, 3.05) is 0 Å². The Labute approximate surface area is 170 Å². The lowest BCUT2D eigenvalue weighted by Gasteiger charge is -2.17. The summed E-state index contributed by atoms with van der Waals surface area (Å²) in [4.78, 5) is 10.5. The maximum atomic E-state index is 10.5. The van der Waals surface area contributed by atoms with Crippen LogP contribution in [0.2, 0.25) is 0 Å². The quantitative estimate of drug-likeness (QED) is 0.190. The molecule has 0 spiro atoms. The number of carboxylic acid groups (broad SMARTS) is 1. The number of aliphatic carboxylic acids is 1. The largest absolute Gasteiger partial charge is 0.481 e. The first-order chi connectivity index (χ1) is 13.2. The van der Waals surface area contributed by atoms with Crippen molar-refractivity contribution in [2.24, 2.45) is 5.92 Å². The second kappa shape index (κ2) is 21.8. The second-order valence-electron chi connectivity index (χ2n) is 8.68. The number of carbonyl (C=O) groups is 1. The Morgan fingerprint density at radius 2 is 0.889 bits per heavy atom. The molecule has 0 rings (SSSR count). The second-order valence-corrected chi connectivity index (χ2v) is 8.68. The molecule has 0 saturated heterocycles. The molecule has 0 bridgehead atoms. The highest BCUT2D eigenvalue weighted by molar-refractivity contribution is 5.66. The molecule has 0 aliphatic carbocycles. The molecule has 162 valence electrons. The van der Waals surface area contributed by atoms with E-state index in [0.29, 0.717) is 6.42 Å². The molecule has 2 heteroatoms. The van der Waals surface area contributed by atoms with E-state index in [1.807, 2.05) is 0 Å². The third-order valence-electron chi connectivity index (χ3n) is 5.93. The fraction of sp³-hybridized carbons (Fsp3) is 0.960. The topological polar surface area (TPSA) is 37.3 Å². The van der Waals surface area contributed by atoms with Crippen molar-refractivity contribution in [1.82, 2.24) is 0 Å². The van der Waals surface area contributed by atoms with Gasteiger partial charge in [-0.3, -0.25) is 4.79 Å². The van der Waals surface area contributed by atoms with Crippen molar-refractivity contribution >= 4 is 5.97 Å². The summed E-state index contributed by atoms with van der Waals surface area (Å²) >= 11 is 0. The van der Waals surface area contributed by atoms with Gasteiger partial charge in [0.2, 0.25) is 0 Å². The minimum atomic E-state index is -0.646. The molecule has 0 aromatic carbocycles. The number of hydrogen-bond acceptors (Lipinski definition) is 1. The molecule has 0 amide bonds. The third kappa shape index (κ3) is 21.6. The van der Waals surface area contributed by atoms with Crippen LogP contribution >= 0.6 is 0 Å². The zero-order valence-electron chi connectivity index (χ0n) is 18.8. The van der Waals surface area contributed by atoms with E-state index in [-0.39, 0.29) is 0 Å². The number of rotatable bonds is 22. The summed E-state index contributed by atoms with van der Waals surface area (Å²) in [6.07, 6.45) is 27.4. The van der Waals surface area contributed by atoms with Crippen LogP contribution in [0.3, 0.4) is 0 Å². The van der Waals surface area contributed by atoms with Gasteiger partial charge in [0.25, 0.3) is 0 Å². The molecule has 0 aromatic rings. The van der Waals surface area contributed by atoms with Gasteiger partial charge in [-0.15, -0.1) is 0 Å². The van der Waals surface area contributed by atoms with Gasteiger partial charge in [-0.05, 0) is 12.3 Å². The Balaban J connectivity index is 3.79. The zero-order chi connectivity index (χ0) is 20.0. The molecule has 0 heterocycles. The molecule has 0 aliphatic rings. The van der Waals surface area contributed by atoms with Gasteiger partial charge in [-0.25, -0.2) is 0 Å². The van der Waals surface area contributed by atoms with Crippen LogP contribution in [0.5, 0.6) is 0 Å². The molecule has 0 saturated carbocycles. The normalized spacial score (nSPS) is 12.4. The predicted molar refractivity (Wildman–Crippen MR) is 119 cm³/mol. The summed E-state index contributed by atoms with van der Waals surface area (Å²) in [5, 5.41) is 8.69. The highest BCUT2D eigenvalue weighted by Crippen LogP contribution is 2.24. The van der Waals surface area contributed by atoms with E-state index in [1.54, 1.807) is 0 Å². The standard InChI is InChI=1S/C25H50O2/c1-3-5-7-9-10-13-17-21-24(20-16-12-8-6-4-2)22-18-14-11-15-19-23-25(26)27/h24H,3-23H2,1-2H3,(H,26,27). The SMILES string of the molecule is CCCCCCCCCC(CCCCCCC)CCCCCCCC(=O)O. The molecular formula is C25H50O2. The fourth-order valence-electron chi connectivity index (χ4n) is 4.10. The summed E-state index contributed by atoms with van der Waals surface area (Å²) in [7, 11) is 0. The predicted octanol–water partition coefficient (Wildman–Crippen LogP) is 8.92. The maximum absolute atomic E-state index is 10.5. The third-order valence-corrected chi connectivity index (χ3v) is 5.93. The number of carboxylic acids is 1. The molecule has 1 unspecified atom stereocenters. The Bertz CT molecular complexity index is 301. The highest BCUT2D eigenvalue weighted by atomic mass is 16.4. The molecule has 0 fully saturated rings. The summed E-state index contributed by atoms with van der Waals surface area (Å²) in [6, 6.07) is 0. The van der Waals surface area contributed by atoms with Crippen LogP contribution in [0.15, 0.2) is 0 Å². The highest BCUT2D eigenvalue weighted by Gasteiger charge is 2.08. The van der Waals surface area contributed by atoms with Gasteiger partial charge < -0.3 is 5.11 Å². The monoisotopic (exact) mass is 382 g/mol. The average Bonchev–Trinajstić information content (AvgIpc) is 2.65. The lowest BCUT2D eigenvalue weighted by atomic mass is 9.89. The number of hydrogen-bond donors (Lipinski definition) is 1. The van der Waals surface area contributed by atoms with E-state index in [9.17, 15) is 4.79 Å². The summed E-state index contributed by atoms with van der Waals surface area (Å²) < 4.78 is 0. The maximum Gasteiger partial charge on any atom is 0.303 e. The summed E-state index contributed by atoms with van der Waals surface area (Å²) in [6.45, 7) is 4.58. The fourth-order valence-corrected chi connectivity index (χ4v) is 4.10. The van der Waals surface area contributed by atoms with Gasteiger partial charge in [0.05, 0.1) is 0 Å². The van der Waals surface area contributed by atoms with Crippen LogP contribution < -0.4 is 0 Å². The molecule has 27 heavy (non-hydrogen) atoms. The van der Waals surface area contributed by atoms with Crippen molar-refractivity contribution in [1.29, 1.82) is 0 Å².